The number of benzene rings is 2. The fourth-order valence-electron chi connectivity index (χ4n) is 3.44. The Hall–Kier alpha value is -1.69. The molecule has 0 saturated carbocycles. The Morgan fingerprint density at radius 3 is 2.44 bits per heavy atom. The van der Waals surface area contributed by atoms with E-state index in [-0.39, 0.29) is 6.04 Å². The standard InChI is InChI=1S/C20H25NO3S/c1-16-10-12-19(13-11-16)25(23,24)21-14-6-5-9-18(21)15-20(22)17-7-3-2-4-8-17/h2-4,7-8,10-13,18,20,22H,5-6,9,14-15H2,1H3/t18-,20+/m0/s1. The van der Waals surface area contributed by atoms with Crippen LogP contribution in [0.3, 0.4) is 0 Å². The fourth-order valence-corrected chi connectivity index (χ4v) is 5.14. The number of sulfonamides is 1. The van der Waals surface area contributed by atoms with E-state index >= 15 is 0 Å². The third-order valence-electron chi connectivity index (χ3n) is 4.88. The molecule has 0 unspecified atom stereocenters. The highest BCUT2D eigenvalue weighted by Crippen LogP contribution is 2.31. The van der Waals surface area contributed by atoms with Crippen LogP contribution in [0.2, 0.25) is 0 Å². The van der Waals surface area contributed by atoms with Gasteiger partial charge in [0, 0.05) is 12.6 Å². The van der Waals surface area contributed by atoms with E-state index in [1.165, 1.54) is 0 Å². The summed E-state index contributed by atoms with van der Waals surface area (Å²) in [6.45, 7) is 2.46. The molecule has 1 saturated heterocycles. The van der Waals surface area contributed by atoms with Gasteiger partial charge in [0.2, 0.25) is 10.0 Å². The summed E-state index contributed by atoms with van der Waals surface area (Å²) in [7, 11) is -3.53. The molecule has 2 aromatic carbocycles. The summed E-state index contributed by atoms with van der Waals surface area (Å²) in [6.07, 6.45) is 2.42. The molecule has 0 spiro atoms. The van der Waals surface area contributed by atoms with Gasteiger partial charge in [-0.1, -0.05) is 54.4 Å². The molecule has 1 aliphatic rings. The van der Waals surface area contributed by atoms with Crippen molar-refractivity contribution < 1.29 is 13.5 Å². The quantitative estimate of drug-likeness (QED) is 0.886. The van der Waals surface area contributed by atoms with Crippen LogP contribution in [0.4, 0.5) is 0 Å². The number of nitrogens with zero attached hydrogens (tertiary/aromatic N) is 1. The molecule has 134 valence electrons. The zero-order chi connectivity index (χ0) is 17.9. The van der Waals surface area contributed by atoms with Crippen LogP contribution < -0.4 is 0 Å². The first-order valence-electron chi connectivity index (χ1n) is 8.80. The molecule has 0 radical (unpaired) electrons. The third kappa shape index (κ3) is 4.11. The lowest BCUT2D eigenvalue weighted by Crippen LogP contribution is -2.44. The van der Waals surface area contributed by atoms with Crippen LogP contribution in [0.25, 0.3) is 0 Å². The smallest absolute Gasteiger partial charge is 0.243 e. The number of aliphatic hydroxyl groups excluding tert-OH is 1. The van der Waals surface area contributed by atoms with Crippen molar-refractivity contribution in [2.75, 3.05) is 6.54 Å². The fraction of sp³-hybridized carbons (Fsp3) is 0.400. The van der Waals surface area contributed by atoms with Crippen molar-refractivity contribution in [3.63, 3.8) is 0 Å². The molecule has 2 aromatic rings. The lowest BCUT2D eigenvalue weighted by Gasteiger charge is -2.35. The Balaban J connectivity index is 1.82. The molecular weight excluding hydrogens is 334 g/mol. The number of piperidine rings is 1. The van der Waals surface area contributed by atoms with Crippen LogP contribution in [0, 0.1) is 6.92 Å². The van der Waals surface area contributed by atoms with Crippen molar-refractivity contribution in [3.8, 4) is 0 Å². The van der Waals surface area contributed by atoms with Gasteiger partial charge in [0.15, 0.2) is 0 Å². The normalized spacial score (nSPS) is 20.3. The van der Waals surface area contributed by atoms with Crippen molar-refractivity contribution in [2.45, 2.75) is 49.6 Å². The van der Waals surface area contributed by atoms with Gasteiger partial charge >= 0.3 is 0 Å². The average Bonchev–Trinajstić information content (AvgIpc) is 2.63. The minimum atomic E-state index is -3.53. The first kappa shape index (κ1) is 18.1. The Labute approximate surface area is 150 Å². The second kappa shape index (κ2) is 7.68. The lowest BCUT2D eigenvalue weighted by molar-refractivity contribution is 0.118. The van der Waals surface area contributed by atoms with Crippen molar-refractivity contribution >= 4 is 10.0 Å². The minimum Gasteiger partial charge on any atom is -0.388 e. The zero-order valence-corrected chi connectivity index (χ0v) is 15.3. The summed E-state index contributed by atoms with van der Waals surface area (Å²) >= 11 is 0. The number of rotatable bonds is 5. The molecule has 0 amide bonds. The number of aliphatic hydroxyl groups is 1. The monoisotopic (exact) mass is 359 g/mol. The van der Waals surface area contributed by atoms with Crippen molar-refractivity contribution in [1.29, 1.82) is 0 Å². The molecular formula is C20H25NO3S. The van der Waals surface area contributed by atoms with Gasteiger partial charge in [-0.3, -0.25) is 0 Å². The summed E-state index contributed by atoms with van der Waals surface area (Å²) in [6, 6.07) is 16.3. The number of hydrogen-bond donors (Lipinski definition) is 1. The van der Waals surface area contributed by atoms with E-state index in [4.69, 9.17) is 0 Å². The zero-order valence-electron chi connectivity index (χ0n) is 14.5. The van der Waals surface area contributed by atoms with Crippen LogP contribution in [0.5, 0.6) is 0 Å². The van der Waals surface area contributed by atoms with Crippen molar-refractivity contribution in [3.05, 3.63) is 65.7 Å². The van der Waals surface area contributed by atoms with Crippen LogP contribution in [-0.2, 0) is 10.0 Å². The predicted molar refractivity (Wildman–Crippen MR) is 98.7 cm³/mol. The van der Waals surface area contributed by atoms with Crippen molar-refractivity contribution in [1.82, 2.24) is 4.31 Å². The Morgan fingerprint density at radius 1 is 1.08 bits per heavy atom. The second-order valence-electron chi connectivity index (χ2n) is 6.74. The topological polar surface area (TPSA) is 57.6 Å². The summed E-state index contributed by atoms with van der Waals surface area (Å²) in [4.78, 5) is 0.333. The maximum Gasteiger partial charge on any atom is 0.243 e. The molecule has 1 heterocycles. The predicted octanol–water partition coefficient (Wildman–Crippen LogP) is 3.66. The Morgan fingerprint density at radius 2 is 1.76 bits per heavy atom. The Bertz CT molecular complexity index is 787. The van der Waals surface area contributed by atoms with Crippen molar-refractivity contribution in [2.24, 2.45) is 0 Å². The van der Waals surface area contributed by atoms with Gasteiger partial charge in [0.25, 0.3) is 0 Å². The maximum absolute atomic E-state index is 13.1. The first-order chi connectivity index (χ1) is 12.0. The van der Waals surface area contributed by atoms with Gasteiger partial charge in [-0.15, -0.1) is 0 Å². The summed E-state index contributed by atoms with van der Waals surface area (Å²) in [5.74, 6) is 0. The molecule has 25 heavy (non-hydrogen) atoms. The summed E-state index contributed by atoms with van der Waals surface area (Å²) in [5.41, 5.74) is 1.87. The van der Waals surface area contributed by atoms with E-state index < -0.39 is 16.1 Å². The van der Waals surface area contributed by atoms with Crippen LogP contribution in [0.1, 0.15) is 42.9 Å². The van der Waals surface area contributed by atoms with E-state index in [9.17, 15) is 13.5 Å². The SMILES string of the molecule is Cc1ccc(S(=O)(=O)N2CCCC[C@H]2C[C@@H](O)c2ccccc2)cc1. The molecule has 4 nitrogen and oxygen atoms in total. The second-order valence-corrected chi connectivity index (χ2v) is 8.63. The molecule has 1 N–H and O–H groups in total. The van der Waals surface area contributed by atoms with E-state index in [1.54, 1.807) is 16.4 Å². The summed E-state index contributed by atoms with van der Waals surface area (Å²) < 4.78 is 27.7. The molecule has 1 fully saturated rings. The average molecular weight is 359 g/mol. The number of hydrogen-bond acceptors (Lipinski definition) is 3. The third-order valence-corrected chi connectivity index (χ3v) is 6.85. The largest absolute Gasteiger partial charge is 0.388 e. The molecule has 5 heteroatoms. The maximum atomic E-state index is 13.1. The van der Waals surface area contributed by atoms with Crippen LogP contribution in [-0.4, -0.2) is 30.4 Å². The lowest BCUT2D eigenvalue weighted by atomic mass is 9.96. The number of aryl methyl sites for hydroxylation is 1. The Kier molecular flexibility index (Phi) is 5.57. The molecule has 0 aromatic heterocycles. The van der Waals surface area contributed by atoms with E-state index in [0.29, 0.717) is 17.9 Å². The molecule has 0 bridgehead atoms. The summed E-state index contributed by atoms with van der Waals surface area (Å²) in [5, 5.41) is 10.5. The van der Waals surface area contributed by atoms with Gasteiger partial charge < -0.3 is 5.11 Å². The van der Waals surface area contributed by atoms with Gasteiger partial charge in [0.05, 0.1) is 11.0 Å². The van der Waals surface area contributed by atoms with E-state index in [0.717, 1.165) is 30.4 Å². The van der Waals surface area contributed by atoms with Gasteiger partial charge in [0.1, 0.15) is 0 Å². The van der Waals surface area contributed by atoms with Crippen LogP contribution in [0.15, 0.2) is 59.5 Å². The van der Waals surface area contributed by atoms with Gasteiger partial charge in [-0.2, -0.15) is 4.31 Å². The van der Waals surface area contributed by atoms with E-state index in [2.05, 4.69) is 0 Å². The highest BCUT2D eigenvalue weighted by Gasteiger charge is 2.34. The molecule has 0 aliphatic carbocycles. The van der Waals surface area contributed by atoms with E-state index in [1.807, 2.05) is 49.4 Å². The van der Waals surface area contributed by atoms with Gasteiger partial charge in [-0.05, 0) is 43.9 Å². The van der Waals surface area contributed by atoms with Crippen LogP contribution >= 0.6 is 0 Å². The molecule has 2 atom stereocenters. The first-order valence-corrected chi connectivity index (χ1v) is 10.2. The molecule has 1 aliphatic heterocycles. The minimum absolute atomic E-state index is 0.171. The molecule has 3 rings (SSSR count). The highest BCUT2D eigenvalue weighted by atomic mass is 32.2. The van der Waals surface area contributed by atoms with Gasteiger partial charge in [-0.25, -0.2) is 8.42 Å². The highest BCUT2D eigenvalue weighted by molar-refractivity contribution is 7.89.